The van der Waals surface area contributed by atoms with Gasteiger partial charge in [-0.05, 0) is 75.1 Å². The van der Waals surface area contributed by atoms with E-state index in [1.807, 2.05) is 49.4 Å². The van der Waals surface area contributed by atoms with Crippen molar-refractivity contribution < 1.29 is 4.79 Å². The van der Waals surface area contributed by atoms with Gasteiger partial charge in [-0.2, -0.15) is 5.26 Å². The summed E-state index contributed by atoms with van der Waals surface area (Å²) in [6.07, 6.45) is 5.98. The summed E-state index contributed by atoms with van der Waals surface area (Å²) in [7, 11) is 0. The molecule has 0 saturated carbocycles. The first-order valence-corrected chi connectivity index (χ1v) is 12.3. The number of amides is 1. The molecule has 0 atom stereocenters. The van der Waals surface area contributed by atoms with Crippen molar-refractivity contribution in [3.63, 3.8) is 0 Å². The molecule has 1 amide bonds. The number of likely N-dealkylation sites (tertiary alicyclic amines) is 1. The van der Waals surface area contributed by atoms with Crippen LogP contribution < -0.4 is 5.32 Å². The number of nitrogens with one attached hydrogen (secondary N) is 1. The maximum absolute atomic E-state index is 13.0. The molecule has 0 spiro atoms. The zero-order valence-electron chi connectivity index (χ0n) is 18.8. The second-order valence-electron chi connectivity index (χ2n) is 8.76. The lowest BCUT2D eigenvalue weighted by Crippen LogP contribution is -2.45. The molecular formula is C26H27N5OS. The number of pyridine rings is 1. The van der Waals surface area contributed by atoms with Crippen LogP contribution in [-0.4, -0.2) is 45.9 Å². The lowest BCUT2D eigenvalue weighted by atomic mass is 10.0. The Morgan fingerprint density at radius 1 is 1.24 bits per heavy atom. The van der Waals surface area contributed by atoms with Crippen LogP contribution in [0.25, 0.3) is 11.7 Å². The number of aryl methyl sites for hydroxylation is 2. The van der Waals surface area contributed by atoms with E-state index in [9.17, 15) is 4.79 Å². The van der Waals surface area contributed by atoms with Crippen LogP contribution in [-0.2, 0) is 11.2 Å². The van der Waals surface area contributed by atoms with Gasteiger partial charge in [0, 0.05) is 19.1 Å². The van der Waals surface area contributed by atoms with Crippen LogP contribution in [0.3, 0.4) is 0 Å². The fourth-order valence-electron chi connectivity index (χ4n) is 4.69. The number of rotatable bonds is 6. The predicted octanol–water partition coefficient (Wildman–Crippen LogP) is 4.17. The van der Waals surface area contributed by atoms with Crippen molar-refractivity contribution in [3.8, 4) is 6.07 Å². The molecule has 2 aliphatic heterocycles. The average Bonchev–Trinajstić information content (AvgIpc) is 3.17. The number of imidazole rings is 1. The Morgan fingerprint density at radius 2 is 2.06 bits per heavy atom. The van der Waals surface area contributed by atoms with Crippen molar-refractivity contribution >= 4 is 29.4 Å². The zero-order chi connectivity index (χ0) is 22.8. The summed E-state index contributed by atoms with van der Waals surface area (Å²) in [5.74, 6) is 0.0136. The molecule has 2 aliphatic rings. The second-order valence-corrected chi connectivity index (χ2v) is 9.82. The number of hydrogen-bond acceptors (Lipinski definition) is 5. The van der Waals surface area contributed by atoms with Crippen LogP contribution in [0.4, 0.5) is 0 Å². The number of carbonyl (C=O) groups is 1. The molecule has 1 N–H and O–H groups in total. The summed E-state index contributed by atoms with van der Waals surface area (Å²) in [5.41, 5.74) is 4.82. The van der Waals surface area contributed by atoms with Crippen molar-refractivity contribution in [2.75, 3.05) is 19.6 Å². The number of aromatic nitrogens is 2. The topological polar surface area (TPSA) is 73.4 Å². The number of carbonyl (C=O) groups excluding carboxylic acids is 1. The van der Waals surface area contributed by atoms with E-state index in [4.69, 9.17) is 5.26 Å². The molecule has 6 nitrogen and oxygen atoms in total. The van der Waals surface area contributed by atoms with Gasteiger partial charge in [0.05, 0.1) is 33.0 Å². The Hall–Kier alpha value is -3.08. The number of thioether (sulfide) groups is 1. The van der Waals surface area contributed by atoms with E-state index in [1.54, 1.807) is 0 Å². The van der Waals surface area contributed by atoms with Gasteiger partial charge in [-0.3, -0.25) is 9.20 Å². The molecule has 4 heterocycles. The number of piperidine rings is 1. The Bertz CT molecular complexity index is 1260. The minimum Gasteiger partial charge on any atom is -0.349 e. The molecule has 2 aromatic heterocycles. The summed E-state index contributed by atoms with van der Waals surface area (Å²) in [4.78, 5) is 20.9. The Balaban J connectivity index is 1.11. The minimum atomic E-state index is 0.0136. The number of benzene rings is 1. The lowest BCUT2D eigenvalue weighted by molar-refractivity contribution is -0.117. The minimum absolute atomic E-state index is 0.0136. The van der Waals surface area contributed by atoms with Crippen LogP contribution in [0, 0.1) is 18.3 Å². The normalized spacial score (nSPS) is 16.4. The Kier molecular flexibility index (Phi) is 6.21. The van der Waals surface area contributed by atoms with Crippen LogP contribution in [0.5, 0.6) is 0 Å². The van der Waals surface area contributed by atoms with Gasteiger partial charge in [0.1, 0.15) is 5.65 Å². The second kappa shape index (κ2) is 9.42. The molecule has 3 aromatic rings. The molecule has 0 radical (unpaired) electrons. The van der Waals surface area contributed by atoms with Crippen molar-refractivity contribution in [3.05, 3.63) is 69.9 Å². The number of nitriles is 1. The van der Waals surface area contributed by atoms with Crippen LogP contribution in [0.2, 0.25) is 0 Å². The van der Waals surface area contributed by atoms with Crippen LogP contribution in [0.1, 0.15) is 41.8 Å². The fraction of sp³-hybridized carbons (Fsp3) is 0.346. The molecule has 5 rings (SSSR count). The smallest absolute Gasteiger partial charge is 0.258 e. The third kappa shape index (κ3) is 4.68. The average molecular weight is 458 g/mol. The van der Waals surface area contributed by atoms with E-state index in [0.717, 1.165) is 77.8 Å². The van der Waals surface area contributed by atoms with Crippen LogP contribution >= 0.6 is 11.8 Å². The standard InChI is InChI=1S/C26H27N5OS/c1-18-22-16-23(33-25-9-3-8-24(28-18)31(22)25)26(32)29-21-10-13-30(14-11-21)12-4-7-19-5-2-6-20(15-19)17-27/h2-3,5-6,8-9,15-16,21H,4,7,10-14H2,1H3,(H,29,32). The summed E-state index contributed by atoms with van der Waals surface area (Å²) >= 11 is 1.51. The maximum atomic E-state index is 13.0. The zero-order valence-corrected chi connectivity index (χ0v) is 19.6. The van der Waals surface area contributed by atoms with Gasteiger partial charge < -0.3 is 10.2 Å². The SMILES string of the molecule is Cc1nc2cccc3n2c1C=C(C(=O)NC1CCN(CCCc2cccc(C#N)c2)CC1)S3. The van der Waals surface area contributed by atoms with Crippen molar-refractivity contribution in [2.45, 2.75) is 43.7 Å². The van der Waals surface area contributed by atoms with Crippen molar-refractivity contribution in [2.24, 2.45) is 0 Å². The van der Waals surface area contributed by atoms with E-state index in [1.165, 1.54) is 17.3 Å². The highest BCUT2D eigenvalue weighted by Crippen LogP contribution is 2.35. The fourth-order valence-corrected chi connectivity index (χ4v) is 5.66. The van der Waals surface area contributed by atoms with Crippen molar-refractivity contribution in [1.29, 1.82) is 5.26 Å². The third-order valence-corrected chi connectivity index (χ3v) is 7.50. The number of nitrogens with zero attached hydrogens (tertiary/aromatic N) is 4. The van der Waals surface area contributed by atoms with E-state index < -0.39 is 0 Å². The van der Waals surface area contributed by atoms with Crippen molar-refractivity contribution in [1.82, 2.24) is 19.6 Å². The highest BCUT2D eigenvalue weighted by atomic mass is 32.2. The van der Waals surface area contributed by atoms with Gasteiger partial charge in [-0.1, -0.05) is 30.0 Å². The summed E-state index contributed by atoms with van der Waals surface area (Å²) in [5, 5.41) is 13.3. The first-order chi connectivity index (χ1) is 16.1. The lowest BCUT2D eigenvalue weighted by Gasteiger charge is -2.32. The van der Waals surface area contributed by atoms with Gasteiger partial charge in [-0.15, -0.1) is 0 Å². The number of hydrogen-bond donors (Lipinski definition) is 1. The van der Waals surface area contributed by atoms with Gasteiger partial charge in [-0.25, -0.2) is 4.98 Å². The monoisotopic (exact) mass is 457 g/mol. The van der Waals surface area contributed by atoms with E-state index >= 15 is 0 Å². The summed E-state index contributed by atoms with van der Waals surface area (Å²) < 4.78 is 2.12. The molecule has 0 unspecified atom stereocenters. The molecule has 0 bridgehead atoms. The molecule has 7 heteroatoms. The van der Waals surface area contributed by atoms with Gasteiger partial charge in [0.2, 0.25) is 0 Å². The third-order valence-electron chi connectivity index (χ3n) is 6.45. The van der Waals surface area contributed by atoms with Gasteiger partial charge in [0.15, 0.2) is 0 Å². The Labute approximate surface area is 198 Å². The van der Waals surface area contributed by atoms with E-state index in [-0.39, 0.29) is 11.9 Å². The molecule has 0 aliphatic carbocycles. The van der Waals surface area contributed by atoms with E-state index in [2.05, 4.69) is 31.7 Å². The van der Waals surface area contributed by atoms with Gasteiger partial charge >= 0.3 is 0 Å². The van der Waals surface area contributed by atoms with Gasteiger partial charge in [0.25, 0.3) is 5.91 Å². The molecule has 1 aromatic carbocycles. The maximum Gasteiger partial charge on any atom is 0.258 e. The largest absolute Gasteiger partial charge is 0.349 e. The first kappa shape index (κ1) is 21.7. The highest BCUT2D eigenvalue weighted by molar-refractivity contribution is 8.04. The van der Waals surface area contributed by atoms with E-state index in [0.29, 0.717) is 0 Å². The summed E-state index contributed by atoms with van der Waals surface area (Å²) in [6, 6.07) is 16.3. The Morgan fingerprint density at radius 3 is 2.88 bits per heavy atom. The molecular weight excluding hydrogens is 430 g/mol. The predicted molar refractivity (Wildman–Crippen MR) is 131 cm³/mol. The molecule has 33 heavy (non-hydrogen) atoms. The van der Waals surface area contributed by atoms with Crippen LogP contribution in [0.15, 0.2) is 52.4 Å². The molecule has 1 fully saturated rings. The highest BCUT2D eigenvalue weighted by Gasteiger charge is 2.25. The first-order valence-electron chi connectivity index (χ1n) is 11.5. The quantitative estimate of drug-likeness (QED) is 0.601. The molecule has 1 saturated heterocycles. The summed E-state index contributed by atoms with van der Waals surface area (Å²) in [6.45, 7) is 5.04. The molecule has 168 valence electrons.